The van der Waals surface area contributed by atoms with Crippen LogP contribution in [0, 0.1) is 0 Å². The van der Waals surface area contributed by atoms with Crippen molar-refractivity contribution in [2.45, 2.75) is 32.7 Å². The van der Waals surface area contributed by atoms with Crippen LogP contribution in [0.4, 0.5) is 0 Å². The highest BCUT2D eigenvalue weighted by Gasteiger charge is 2.31. The highest BCUT2D eigenvalue weighted by molar-refractivity contribution is 8.06. The van der Waals surface area contributed by atoms with Gasteiger partial charge in [-0.05, 0) is 62.9 Å². The number of halogens is 1. The maximum Gasteiger partial charge on any atom is 0.120 e. The molecule has 3 nitrogen and oxygen atoms in total. The smallest absolute Gasteiger partial charge is 0.120 e. The summed E-state index contributed by atoms with van der Waals surface area (Å²) < 4.78 is 8.21. The highest BCUT2D eigenvalue weighted by atomic mass is 35.5. The molecule has 2 aromatic carbocycles. The molecule has 0 saturated carbocycles. The van der Waals surface area contributed by atoms with Crippen LogP contribution in [0.3, 0.4) is 0 Å². The molecule has 27 heavy (non-hydrogen) atoms. The van der Waals surface area contributed by atoms with E-state index in [0.717, 1.165) is 25.3 Å². The Morgan fingerprint density at radius 3 is 2.59 bits per heavy atom. The molecule has 3 rings (SSSR count). The Balaban J connectivity index is 1.57. The second kappa shape index (κ2) is 9.05. The van der Waals surface area contributed by atoms with Crippen molar-refractivity contribution in [3.8, 4) is 5.75 Å². The number of nitrogens with one attached hydrogen (secondary N) is 1. The van der Waals surface area contributed by atoms with Crippen molar-refractivity contribution in [3.05, 3.63) is 70.9 Å². The normalized spacial score (nSPS) is 15.3. The highest BCUT2D eigenvalue weighted by Crippen LogP contribution is 2.42. The second-order valence-electron chi connectivity index (χ2n) is 7.56. The molecule has 0 atom stereocenters. The number of hydrogen-bond donors (Lipinski definition) is 1. The van der Waals surface area contributed by atoms with Gasteiger partial charge < -0.3 is 10.1 Å². The lowest BCUT2D eigenvalue weighted by molar-refractivity contribution is 0.290. The van der Waals surface area contributed by atoms with Crippen LogP contribution in [-0.2, 0) is 0 Å². The van der Waals surface area contributed by atoms with Crippen molar-refractivity contribution in [2.75, 3.05) is 19.7 Å². The van der Waals surface area contributed by atoms with Gasteiger partial charge in [-0.1, -0.05) is 48.0 Å². The van der Waals surface area contributed by atoms with E-state index in [1.807, 2.05) is 36.2 Å². The van der Waals surface area contributed by atoms with Gasteiger partial charge in [-0.3, -0.25) is 0 Å². The average molecular weight is 403 g/mol. The third-order valence-corrected chi connectivity index (χ3v) is 6.08. The van der Waals surface area contributed by atoms with E-state index in [1.165, 1.54) is 16.2 Å². The fourth-order valence-corrected chi connectivity index (χ4v) is 4.15. The molecule has 5 heteroatoms. The first-order valence-electron chi connectivity index (χ1n) is 9.30. The molecule has 1 N–H and O–H groups in total. The Bertz CT molecular complexity index is 786. The summed E-state index contributed by atoms with van der Waals surface area (Å²) in [4.78, 5) is 1.32. The van der Waals surface area contributed by atoms with Crippen molar-refractivity contribution in [2.24, 2.45) is 0 Å². The zero-order valence-corrected chi connectivity index (χ0v) is 17.7. The van der Waals surface area contributed by atoms with Crippen LogP contribution >= 0.6 is 23.5 Å². The third-order valence-electron chi connectivity index (χ3n) is 4.29. The Kier molecular flexibility index (Phi) is 6.74. The van der Waals surface area contributed by atoms with E-state index >= 15 is 0 Å². The summed E-state index contributed by atoms with van der Waals surface area (Å²) in [5, 5.41) is 4.34. The number of benzene rings is 2. The van der Waals surface area contributed by atoms with Gasteiger partial charge in [-0.15, -0.1) is 0 Å². The van der Waals surface area contributed by atoms with E-state index in [-0.39, 0.29) is 5.54 Å². The molecule has 0 saturated heterocycles. The fourth-order valence-electron chi connectivity index (χ4n) is 2.80. The molecule has 2 aromatic rings. The summed E-state index contributed by atoms with van der Waals surface area (Å²) in [5.74, 6) is 0.821. The predicted molar refractivity (Wildman–Crippen MR) is 117 cm³/mol. The lowest BCUT2D eigenvalue weighted by atomic mass is 10.1. The molecular weight excluding hydrogens is 376 g/mol. The largest absolute Gasteiger partial charge is 0.493 e. The third kappa shape index (κ3) is 5.68. The van der Waals surface area contributed by atoms with Gasteiger partial charge in [0, 0.05) is 22.8 Å². The maximum absolute atomic E-state index is 5.99. The number of ether oxygens (including phenoxy) is 1. The molecule has 0 radical (unpaired) electrons. The molecule has 1 heterocycles. The summed E-state index contributed by atoms with van der Waals surface area (Å²) in [7, 11) is 0. The number of nitrogens with zero attached hydrogens (tertiary/aromatic N) is 1. The molecule has 0 bridgehead atoms. The van der Waals surface area contributed by atoms with E-state index in [1.54, 1.807) is 0 Å². The summed E-state index contributed by atoms with van der Waals surface area (Å²) in [6.45, 7) is 9.23. The lowest BCUT2D eigenvalue weighted by Gasteiger charge is -2.30. The van der Waals surface area contributed by atoms with Gasteiger partial charge in [0.2, 0.25) is 0 Å². The van der Waals surface area contributed by atoms with Crippen molar-refractivity contribution >= 4 is 28.5 Å². The monoisotopic (exact) mass is 402 g/mol. The van der Waals surface area contributed by atoms with Crippen molar-refractivity contribution < 1.29 is 4.74 Å². The van der Waals surface area contributed by atoms with E-state index in [4.69, 9.17) is 16.3 Å². The molecule has 1 aliphatic heterocycles. The quantitative estimate of drug-likeness (QED) is 0.465. The van der Waals surface area contributed by atoms with Crippen LogP contribution in [0.1, 0.15) is 32.8 Å². The van der Waals surface area contributed by atoms with Crippen LogP contribution < -0.4 is 10.1 Å². The number of rotatable bonds is 7. The first kappa shape index (κ1) is 20.1. The summed E-state index contributed by atoms with van der Waals surface area (Å²) in [6.07, 6.45) is 0.929. The first-order chi connectivity index (χ1) is 12.9. The molecule has 144 valence electrons. The zero-order chi connectivity index (χ0) is 19.3. The van der Waals surface area contributed by atoms with Gasteiger partial charge in [0.25, 0.3) is 0 Å². The van der Waals surface area contributed by atoms with Gasteiger partial charge in [0.15, 0.2) is 0 Å². The van der Waals surface area contributed by atoms with E-state index in [0.29, 0.717) is 11.6 Å². The molecule has 0 fully saturated rings. The van der Waals surface area contributed by atoms with E-state index < -0.39 is 0 Å². The molecular formula is C22H27ClN2OS. The van der Waals surface area contributed by atoms with Crippen molar-refractivity contribution in [1.82, 2.24) is 9.62 Å². The van der Waals surface area contributed by atoms with E-state index in [2.05, 4.69) is 60.7 Å². The van der Waals surface area contributed by atoms with Crippen molar-refractivity contribution in [1.29, 1.82) is 0 Å². The van der Waals surface area contributed by atoms with Gasteiger partial charge in [0.1, 0.15) is 5.75 Å². The fraction of sp³-hybridized carbons (Fsp3) is 0.364. The van der Waals surface area contributed by atoms with Crippen LogP contribution in [0.15, 0.2) is 60.3 Å². The molecule has 0 aromatic heterocycles. The van der Waals surface area contributed by atoms with Gasteiger partial charge >= 0.3 is 0 Å². The molecule has 0 amide bonds. The Morgan fingerprint density at radius 1 is 1.11 bits per heavy atom. The van der Waals surface area contributed by atoms with Crippen LogP contribution in [-0.4, -0.2) is 29.5 Å². The topological polar surface area (TPSA) is 24.5 Å². The molecule has 0 unspecified atom stereocenters. The van der Waals surface area contributed by atoms with Crippen molar-refractivity contribution in [3.63, 3.8) is 0 Å². The molecule has 0 aliphatic carbocycles. The Morgan fingerprint density at radius 2 is 1.89 bits per heavy atom. The van der Waals surface area contributed by atoms with Gasteiger partial charge in [0.05, 0.1) is 18.1 Å². The zero-order valence-electron chi connectivity index (χ0n) is 16.2. The lowest BCUT2D eigenvalue weighted by Crippen LogP contribution is -2.36. The minimum absolute atomic E-state index is 0.115. The summed E-state index contributed by atoms with van der Waals surface area (Å²) >= 11 is 7.84. The SMILES string of the molecule is CC(C)(C)N1CC(NCCCOc2cccc(Cl)c2)=C(c2ccccc2)S1. The summed E-state index contributed by atoms with van der Waals surface area (Å²) in [6, 6.07) is 18.2. The van der Waals surface area contributed by atoms with Crippen LogP contribution in [0.2, 0.25) is 5.02 Å². The average Bonchev–Trinajstić information content (AvgIpc) is 3.07. The van der Waals surface area contributed by atoms with E-state index in [9.17, 15) is 0 Å². The first-order valence-corrected chi connectivity index (χ1v) is 10.4. The maximum atomic E-state index is 5.99. The van der Waals surface area contributed by atoms with Gasteiger partial charge in [-0.2, -0.15) is 0 Å². The Hall–Kier alpha value is -1.62. The minimum Gasteiger partial charge on any atom is -0.493 e. The second-order valence-corrected chi connectivity index (χ2v) is 9.03. The molecule has 1 aliphatic rings. The summed E-state index contributed by atoms with van der Waals surface area (Å²) in [5.41, 5.74) is 2.68. The predicted octanol–water partition coefficient (Wildman–Crippen LogP) is 5.83. The Labute approximate surface area is 171 Å². The van der Waals surface area contributed by atoms with Crippen LogP contribution in [0.5, 0.6) is 5.75 Å². The molecule has 0 spiro atoms. The van der Waals surface area contributed by atoms with Gasteiger partial charge in [-0.25, -0.2) is 4.31 Å². The number of hydrogen-bond acceptors (Lipinski definition) is 4. The standard InChI is InChI=1S/C22H27ClN2OS/c1-22(2,3)25-16-20(21(27-25)17-9-5-4-6-10-17)24-13-8-14-26-19-12-7-11-18(23)15-19/h4-7,9-12,15,24H,8,13-14,16H2,1-3H3. The van der Waals surface area contributed by atoms with Crippen LogP contribution in [0.25, 0.3) is 4.91 Å². The minimum atomic E-state index is 0.115.